The van der Waals surface area contributed by atoms with Gasteiger partial charge in [0.1, 0.15) is 4.90 Å². The molecule has 4 nitrogen and oxygen atoms in total. The fraction of sp³-hybridized carbons (Fsp3) is 0.455. The highest BCUT2D eigenvalue weighted by Gasteiger charge is 2.26. The summed E-state index contributed by atoms with van der Waals surface area (Å²) in [6.07, 6.45) is 0.732. The summed E-state index contributed by atoms with van der Waals surface area (Å²) < 4.78 is 25.9. The fourth-order valence-corrected chi connectivity index (χ4v) is 3.31. The van der Waals surface area contributed by atoms with Crippen molar-refractivity contribution < 1.29 is 8.42 Å². The number of hydrogen-bond acceptors (Lipinski definition) is 3. The monoisotopic (exact) mass is 276 g/mol. The zero-order valence-corrected chi connectivity index (χ0v) is 11.7. The lowest BCUT2D eigenvalue weighted by molar-refractivity contribution is 0.380. The highest BCUT2D eigenvalue weighted by atomic mass is 35.5. The minimum Gasteiger partial charge on any atom is -0.399 e. The van der Waals surface area contributed by atoms with Crippen LogP contribution in [0.2, 0.25) is 5.02 Å². The molecule has 0 heterocycles. The van der Waals surface area contributed by atoms with E-state index in [4.69, 9.17) is 17.3 Å². The number of benzene rings is 1. The SMILES string of the molecule is CCC(C)N(C)S(=O)(=O)c1cc(N)ccc1Cl. The van der Waals surface area contributed by atoms with E-state index in [0.29, 0.717) is 5.69 Å². The molecule has 2 N–H and O–H groups in total. The predicted molar refractivity (Wildman–Crippen MR) is 70.6 cm³/mol. The van der Waals surface area contributed by atoms with Crippen molar-refractivity contribution in [2.24, 2.45) is 0 Å². The van der Waals surface area contributed by atoms with Gasteiger partial charge in [0.05, 0.1) is 5.02 Å². The van der Waals surface area contributed by atoms with Gasteiger partial charge in [0.25, 0.3) is 0 Å². The molecule has 0 spiro atoms. The van der Waals surface area contributed by atoms with Gasteiger partial charge in [-0.2, -0.15) is 4.31 Å². The maximum absolute atomic E-state index is 12.3. The van der Waals surface area contributed by atoms with E-state index in [1.165, 1.54) is 16.4 Å². The molecule has 1 aromatic rings. The Morgan fingerprint density at radius 3 is 2.59 bits per heavy atom. The summed E-state index contributed by atoms with van der Waals surface area (Å²) in [5.74, 6) is 0. The molecule has 0 fully saturated rings. The smallest absolute Gasteiger partial charge is 0.244 e. The summed E-state index contributed by atoms with van der Waals surface area (Å²) in [5, 5.41) is 0.189. The van der Waals surface area contributed by atoms with Crippen LogP contribution in [0.15, 0.2) is 23.1 Å². The van der Waals surface area contributed by atoms with Gasteiger partial charge in [0.2, 0.25) is 10.0 Å². The van der Waals surface area contributed by atoms with Gasteiger partial charge in [-0.3, -0.25) is 0 Å². The quantitative estimate of drug-likeness (QED) is 0.859. The molecule has 1 aromatic carbocycles. The van der Waals surface area contributed by atoms with Crippen LogP contribution in [0.5, 0.6) is 0 Å². The average molecular weight is 277 g/mol. The van der Waals surface area contributed by atoms with Gasteiger partial charge in [-0.05, 0) is 31.5 Å². The molecule has 0 aliphatic rings. The van der Waals surface area contributed by atoms with E-state index in [1.807, 2.05) is 13.8 Å². The van der Waals surface area contributed by atoms with E-state index >= 15 is 0 Å². The Labute approximate surface area is 107 Å². The van der Waals surface area contributed by atoms with Gasteiger partial charge in [-0.1, -0.05) is 18.5 Å². The predicted octanol–water partition coefficient (Wildman–Crippen LogP) is 2.34. The second kappa shape index (κ2) is 5.25. The molecule has 6 heteroatoms. The van der Waals surface area contributed by atoms with Crippen LogP contribution >= 0.6 is 11.6 Å². The van der Waals surface area contributed by atoms with Gasteiger partial charge in [-0.15, -0.1) is 0 Å². The molecule has 1 unspecified atom stereocenters. The van der Waals surface area contributed by atoms with Crippen LogP contribution < -0.4 is 5.73 Å². The third-order valence-electron chi connectivity index (χ3n) is 2.82. The molecule has 17 heavy (non-hydrogen) atoms. The summed E-state index contributed by atoms with van der Waals surface area (Å²) in [6.45, 7) is 3.77. The van der Waals surface area contributed by atoms with E-state index in [9.17, 15) is 8.42 Å². The number of rotatable bonds is 4. The van der Waals surface area contributed by atoms with Crippen molar-refractivity contribution in [1.29, 1.82) is 0 Å². The number of nitrogens with zero attached hydrogens (tertiary/aromatic N) is 1. The first kappa shape index (κ1) is 14.3. The van der Waals surface area contributed by atoms with Gasteiger partial charge < -0.3 is 5.73 Å². The number of anilines is 1. The number of nitrogens with two attached hydrogens (primary N) is 1. The number of sulfonamides is 1. The lowest BCUT2D eigenvalue weighted by atomic mass is 10.3. The van der Waals surface area contributed by atoms with E-state index in [-0.39, 0.29) is 16.0 Å². The van der Waals surface area contributed by atoms with E-state index in [1.54, 1.807) is 13.1 Å². The van der Waals surface area contributed by atoms with Crippen molar-refractivity contribution in [2.45, 2.75) is 31.2 Å². The van der Waals surface area contributed by atoms with E-state index < -0.39 is 10.0 Å². The molecule has 0 radical (unpaired) electrons. The van der Waals surface area contributed by atoms with Crippen molar-refractivity contribution >= 4 is 27.3 Å². The summed E-state index contributed by atoms with van der Waals surface area (Å²) in [5.41, 5.74) is 5.97. The Morgan fingerprint density at radius 1 is 1.47 bits per heavy atom. The van der Waals surface area contributed by atoms with E-state index in [2.05, 4.69) is 0 Å². The van der Waals surface area contributed by atoms with Crippen LogP contribution in [-0.4, -0.2) is 25.8 Å². The molecule has 1 rings (SSSR count). The largest absolute Gasteiger partial charge is 0.399 e. The Bertz CT molecular complexity index is 502. The van der Waals surface area contributed by atoms with Crippen LogP contribution in [0.4, 0.5) is 5.69 Å². The third kappa shape index (κ3) is 2.91. The molecule has 0 aromatic heterocycles. The first-order valence-electron chi connectivity index (χ1n) is 5.33. The van der Waals surface area contributed by atoms with Crippen molar-refractivity contribution in [3.63, 3.8) is 0 Å². The second-order valence-corrected chi connectivity index (χ2v) is 6.34. The van der Waals surface area contributed by atoms with Gasteiger partial charge >= 0.3 is 0 Å². The van der Waals surface area contributed by atoms with Crippen LogP contribution in [0, 0.1) is 0 Å². The lowest BCUT2D eigenvalue weighted by Gasteiger charge is -2.23. The minimum atomic E-state index is -3.58. The Hall–Kier alpha value is -0.780. The normalized spacial score (nSPS) is 13.9. The number of hydrogen-bond donors (Lipinski definition) is 1. The first-order valence-corrected chi connectivity index (χ1v) is 7.15. The molecule has 0 aliphatic heterocycles. The van der Waals surface area contributed by atoms with Crippen LogP contribution in [0.1, 0.15) is 20.3 Å². The molecular formula is C11H17ClN2O2S. The highest BCUT2D eigenvalue weighted by molar-refractivity contribution is 7.89. The maximum atomic E-state index is 12.3. The molecule has 0 saturated heterocycles. The van der Waals surface area contributed by atoms with E-state index in [0.717, 1.165) is 6.42 Å². The minimum absolute atomic E-state index is 0.0574. The lowest BCUT2D eigenvalue weighted by Crippen LogP contribution is -2.34. The van der Waals surface area contributed by atoms with Crippen molar-refractivity contribution in [3.8, 4) is 0 Å². The first-order chi connectivity index (χ1) is 7.80. The molecule has 0 amide bonds. The van der Waals surface area contributed by atoms with Gasteiger partial charge in [0, 0.05) is 18.8 Å². The zero-order chi connectivity index (χ0) is 13.2. The third-order valence-corrected chi connectivity index (χ3v) is 5.28. The van der Waals surface area contributed by atoms with Crippen LogP contribution in [0.25, 0.3) is 0 Å². The zero-order valence-electron chi connectivity index (χ0n) is 10.1. The van der Waals surface area contributed by atoms with Crippen molar-refractivity contribution in [1.82, 2.24) is 4.31 Å². The second-order valence-electron chi connectivity index (χ2n) is 3.97. The fourth-order valence-electron chi connectivity index (χ4n) is 1.37. The van der Waals surface area contributed by atoms with Gasteiger partial charge in [-0.25, -0.2) is 8.42 Å². The highest BCUT2D eigenvalue weighted by Crippen LogP contribution is 2.27. The molecule has 96 valence electrons. The Kier molecular flexibility index (Phi) is 4.41. The Morgan fingerprint density at radius 2 is 2.06 bits per heavy atom. The summed E-state index contributed by atoms with van der Waals surface area (Å²) in [7, 11) is -2.04. The maximum Gasteiger partial charge on any atom is 0.244 e. The molecule has 1 atom stereocenters. The summed E-state index contributed by atoms with van der Waals surface area (Å²) >= 11 is 5.91. The summed E-state index contributed by atoms with van der Waals surface area (Å²) in [4.78, 5) is 0.0574. The number of halogens is 1. The average Bonchev–Trinajstić information content (AvgIpc) is 2.30. The van der Waals surface area contributed by atoms with Crippen molar-refractivity contribution in [3.05, 3.63) is 23.2 Å². The van der Waals surface area contributed by atoms with Crippen LogP contribution in [-0.2, 0) is 10.0 Å². The van der Waals surface area contributed by atoms with Gasteiger partial charge in [0.15, 0.2) is 0 Å². The summed E-state index contributed by atoms with van der Waals surface area (Å²) in [6, 6.07) is 4.37. The standard InChI is InChI=1S/C11H17ClN2O2S/c1-4-8(2)14(3)17(15,16)11-7-9(13)5-6-10(11)12/h5-8H,4,13H2,1-3H3. The van der Waals surface area contributed by atoms with Crippen molar-refractivity contribution in [2.75, 3.05) is 12.8 Å². The Balaban J connectivity index is 3.26. The number of nitrogen functional groups attached to an aromatic ring is 1. The molecular weight excluding hydrogens is 260 g/mol. The molecule has 0 aliphatic carbocycles. The molecule has 0 saturated carbocycles. The van der Waals surface area contributed by atoms with Crippen LogP contribution in [0.3, 0.4) is 0 Å². The topological polar surface area (TPSA) is 63.4 Å². The molecule has 0 bridgehead atoms.